The summed E-state index contributed by atoms with van der Waals surface area (Å²) in [4.78, 5) is 28.3. The van der Waals surface area contributed by atoms with Gasteiger partial charge in [0.05, 0.1) is 11.6 Å². The molecule has 0 saturated heterocycles. The van der Waals surface area contributed by atoms with Gasteiger partial charge < -0.3 is 9.30 Å². The van der Waals surface area contributed by atoms with Gasteiger partial charge in [-0.3, -0.25) is 14.9 Å². The molecular weight excluding hydrogens is 429 g/mol. The lowest BCUT2D eigenvalue weighted by molar-refractivity contribution is -0.138. The summed E-state index contributed by atoms with van der Waals surface area (Å²) >= 11 is 5.83. The van der Waals surface area contributed by atoms with E-state index in [0.29, 0.717) is 6.07 Å². The molecule has 0 aliphatic carbocycles. The molecule has 0 spiro atoms. The molecule has 154 valence electrons. The zero-order chi connectivity index (χ0) is 21.9. The van der Waals surface area contributed by atoms with E-state index in [4.69, 9.17) is 21.6 Å². The maximum absolute atomic E-state index is 13.4. The van der Waals surface area contributed by atoms with Gasteiger partial charge in [0, 0.05) is 11.2 Å². The molecule has 0 fully saturated rings. The number of hydrogen-bond donors (Lipinski definition) is 2. The van der Waals surface area contributed by atoms with Crippen LogP contribution in [0.25, 0.3) is 0 Å². The Kier molecular flexibility index (Phi) is 5.74. The van der Waals surface area contributed by atoms with Crippen LogP contribution < -0.4 is 15.6 Å². The fourth-order valence-electron chi connectivity index (χ4n) is 2.40. The number of carbonyl (C=O) groups is 1. The summed E-state index contributed by atoms with van der Waals surface area (Å²) in [6, 6.07) is 5.93. The molecule has 0 unspecified atom stereocenters. The number of pyridine rings is 1. The third kappa shape index (κ3) is 4.76. The lowest BCUT2D eigenvalue weighted by atomic mass is 10.2. The topological polar surface area (TPSA) is 126 Å². The van der Waals surface area contributed by atoms with Crippen molar-refractivity contribution < 1.29 is 22.7 Å². The van der Waals surface area contributed by atoms with Crippen LogP contribution in [0.5, 0.6) is 11.5 Å². The first-order valence-electron chi connectivity index (χ1n) is 8.02. The van der Waals surface area contributed by atoms with Crippen molar-refractivity contribution in [1.82, 2.24) is 19.7 Å². The molecule has 0 aliphatic heterocycles. The number of benzene rings is 1. The van der Waals surface area contributed by atoms with Crippen molar-refractivity contribution in [2.45, 2.75) is 12.7 Å². The first kappa shape index (κ1) is 20.9. The van der Waals surface area contributed by atoms with E-state index in [-0.39, 0.29) is 22.3 Å². The predicted molar refractivity (Wildman–Crippen MR) is 97.0 cm³/mol. The van der Waals surface area contributed by atoms with Crippen molar-refractivity contribution in [1.29, 1.82) is 5.26 Å². The highest BCUT2D eigenvalue weighted by Gasteiger charge is 2.36. The molecule has 1 amide bonds. The van der Waals surface area contributed by atoms with Gasteiger partial charge in [-0.05, 0) is 24.3 Å². The smallest absolute Gasteiger partial charge is 0.420 e. The van der Waals surface area contributed by atoms with E-state index in [1.807, 2.05) is 0 Å². The van der Waals surface area contributed by atoms with Crippen molar-refractivity contribution in [2.75, 3.05) is 5.32 Å². The number of nitrogens with one attached hydrogen (secondary N) is 2. The molecule has 0 saturated carbocycles. The van der Waals surface area contributed by atoms with Crippen molar-refractivity contribution in [3.05, 3.63) is 63.3 Å². The fraction of sp³-hybridized carbons (Fsp3) is 0.118. The van der Waals surface area contributed by atoms with E-state index in [1.54, 1.807) is 6.07 Å². The van der Waals surface area contributed by atoms with E-state index >= 15 is 0 Å². The molecule has 9 nitrogen and oxygen atoms in total. The SMILES string of the molecule is N#Cc1cc(Cl)cc(Oc2c(C(F)(F)F)ccn(CC(=O)Nc3ncn[nH]3)c2=O)c1. The number of H-pyrrole nitrogens is 1. The number of alkyl halides is 3. The Labute approximate surface area is 170 Å². The van der Waals surface area contributed by atoms with Crippen LogP contribution in [0.4, 0.5) is 19.1 Å². The standard InChI is InChI=1S/C17H10ClF3N6O3/c18-10-3-9(6-22)4-11(5-10)30-14-12(17(19,20)21)1-2-27(15(14)29)7-13(28)25-16-23-8-24-26-16/h1-5,8H,7H2,(H2,23,24,25,26,28). The summed E-state index contributed by atoms with van der Waals surface area (Å²) in [5, 5.41) is 17.2. The average molecular weight is 439 g/mol. The third-order valence-corrected chi connectivity index (χ3v) is 3.85. The van der Waals surface area contributed by atoms with Crippen LogP contribution in [0, 0.1) is 11.3 Å². The Bertz CT molecular complexity index is 1180. The van der Waals surface area contributed by atoms with Crippen LogP contribution in [-0.2, 0) is 17.5 Å². The molecule has 0 aliphatic rings. The molecule has 2 aromatic heterocycles. The van der Waals surface area contributed by atoms with E-state index in [1.165, 1.54) is 6.07 Å². The Morgan fingerprint density at radius 1 is 1.37 bits per heavy atom. The summed E-state index contributed by atoms with van der Waals surface area (Å²) < 4.78 is 46.1. The van der Waals surface area contributed by atoms with Gasteiger partial charge >= 0.3 is 6.18 Å². The van der Waals surface area contributed by atoms with E-state index in [9.17, 15) is 22.8 Å². The first-order valence-corrected chi connectivity index (χ1v) is 8.39. The second kappa shape index (κ2) is 8.26. The number of nitrogens with zero attached hydrogens (tertiary/aromatic N) is 4. The molecule has 1 aromatic carbocycles. The van der Waals surface area contributed by atoms with Gasteiger partial charge in [-0.1, -0.05) is 11.6 Å². The summed E-state index contributed by atoms with van der Waals surface area (Å²) in [6.07, 6.45) is -2.96. The maximum atomic E-state index is 13.4. The lowest BCUT2D eigenvalue weighted by Crippen LogP contribution is -2.29. The number of aromatic nitrogens is 4. The van der Waals surface area contributed by atoms with Gasteiger partial charge in [-0.15, -0.1) is 0 Å². The molecule has 3 aromatic rings. The molecule has 0 radical (unpaired) electrons. The third-order valence-electron chi connectivity index (χ3n) is 3.63. The van der Waals surface area contributed by atoms with Crippen LogP contribution in [0.3, 0.4) is 0 Å². The van der Waals surface area contributed by atoms with Crippen molar-refractivity contribution in [2.24, 2.45) is 0 Å². The molecule has 2 N–H and O–H groups in total. The summed E-state index contributed by atoms with van der Waals surface area (Å²) in [7, 11) is 0. The summed E-state index contributed by atoms with van der Waals surface area (Å²) in [5.74, 6) is -2.05. The Morgan fingerprint density at radius 2 is 2.13 bits per heavy atom. The summed E-state index contributed by atoms with van der Waals surface area (Å²) in [5.41, 5.74) is -2.54. The van der Waals surface area contributed by atoms with E-state index in [2.05, 4.69) is 20.5 Å². The fourth-order valence-corrected chi connectivity index (χ4v) is 2.62. The molecule has 30 heavy (non-hydrogen) atoms. The average Bonchev–Trinajstić information content (AvgIpc) is 3.16. The number of nitriles is 1. The monoisotopic (exact) mass is 438 g/mol. The first-order chi connectivity index (χ1) is 14.2. The van der Waals surface area contributed by atoms with Crippen molar-refractivity contribution in [3.8, 4) is 17.6 Å². The number of aromatic amines is 1. The van der Waals surface area contributed by atoms with Crippen molar-refractivity contribution >= 4 is 23.5 Å². The number of amides is 1. The van der Waals surface area contributed by atoms with Crippen LogP contribution >= 0.6 is 11.6 Å². The minimum atomic E-state index is -4.91. The lowest BCUT2D eigenvalue weighted by Gasteiger charge is -2.15. The van der Waals surface area contributed by atoms with Crippen molar-refractivity contribution in [3.63, 3.8) is 0 Å². The van der Waals surface area contributed by atoms with Gasteiger partial charge in [0.1, 0.15) is 24.2 Å². The largest absolute Gasteiger partial charge is 0.451 e. The zero-order valence-electron chi connectivity index (χ0n) is 14.7. The maximum Gasteiger partial charge on any atom is 0.420 e. The van der Waals surface area contributed by atoms with Gasteiger partial charge in [0.2, 0.25) is 17.6 Å². The predicted octanol–water partition coefficient (Wildman–Crippen LogP) is 2.94. The normalized spacial score (nSPS) is 11.0. The number of carbonyl (C=O) groups excluding carboxylic acids is 1. The van der Waals surface area contributed by atoms with E-state index < -0.39 is 35.5 Å². The second-order valence-corrected chi connectivity index (χ2v) is 6.20. The van der Waals surface area contributed by atoms with Gasteiger partial charge in [-0.25, -0.2) is 5.10 Å². The molecule has 0 bridgehead atoms. The van der Waals surface area contributed by atoms with Crippen LogP contribution in [0.15, 0.2) is 41.6 Å². The Hall–Kier alpha value is -3.85. The Balaban J connectivity index is 1.98. The quantitative estimate of drug-likeness (QED) is 0.630. The highest BCUT2D eigenvalue weighted by atomic mass is 35.5. The molecule has 3 rings (SSSR count). The minimum absolute atomic E-state index is 0.000561. The minimum Gasteiger partial charge on any atom is -0.451 e. The van der Waals surface area contributed by atoms with E-state index in [0.717, 1.165) is 29.2 Å². The van der Waals surface area contributed by atoms with Gasteiger partial charge in [0.25, 0.3) is 5.56 Å². The molecular formula is C17H10ClF3N6O3. The number of ether oxygens (including phenoxy) is 1. The van der Waals surface area contributed by atoms with Crippen LogP contribution in [0.1, 0.15) is 11.1 Å². The van der Waals surface area contributed by atoms with Gasteiger partial charge in [0.15, 0.2) is 0 Å². The second-order valence-electron chi connectivity index (χ2n) is 5.76. The highest BCUT2D eigenvalue weighted by molar-refractivity contribution is 6.30. The van der Waals surface area contributed by atoms with Crippen LogP contribution in [-0.4, -0.2) is 25.7 Å². The van der Waals surface area contributed by atoms with Gasteiger partial charge in [-0.2, -0.15) is 28.5 Å². The molecule has 0 atom stereocenters. The van der Waals surface area contributed by atoms with Crippen LogP contribution in [0.2, 0.25) is 5.02 Å². The molecule has 2 heterocycles. The zero-order valence-corrected chi connectivity index (χ0v) is 15.5. The Morgan fingerprint density at radius 3 is 2.77 bits per heavy atom. The summed E-state index contributed by atoms with van der Waals surface area (Å²) in [6.45, 7) is -0.618. The highest BCUT2D eigenvalue weighted by Crippen LogP contribution is 2.36. The molecule has 13 heteroatoms. The number of halogens is 4. The number of anilines is 1. The number of rotatable bonds is 5. The number of hydrogen-bond acceptors (Lipinski definition) is 6.